The van der Waals surface area contributed by atoms with E-state index >= 15 is 0 Å². The summed E-state index contributed by atoms with van der Waals surface area (Å²) in [5.74, 6) is -0.201. The molecule has 7 heteroatoms. The van der Waals surface area contributed by atoms with Crippen molar-refractivity contribution in [3.63, 3.8) is 0 Å². The van der Waals surface area contributed by atoms with Crippen LogP contribution in [0.3, 0.4) is 0 Å². The molecule has 136 valence electrons. The van der Waals surface area contributed by atoms with Crippen LogP contribution in [0.2, 0.25) is 18.1 Å². The third kappa shape index (κ3) is 3.56. The van der Waals surface area contributed by atoms with Crippen molar-refractivity contribution < 1.29 is 9.22 Å². The number of amides is 1. The highest BCUT2D eigenvalue weighted by Gasteiger charge is 2.48. The molecule has 1 aliphatic rings. The molecule has 1 N–H and O–H groups in total. The molecule has 1 fully saturated rings. The number of carbonyl (C=O) groups excluding carboxylic acids is 1. The minimum Gasteiger partial charge on any atom is -0.413 e. The summed E-state index contributed by atoms with van der Waals surface area (Å²) in [6, 6.07) is 0. The van der Waals surface area contributed by atoms with Gasteiger partial charge < -0.3 is 9.74 Å². The van der Waals surface area contributed by atoms with Gasteiger partial charge in [0.05, 0.1) is 18.0 Å². The Morgan fingerprint density at radius 1 is 1.25 bits per heavy atom. The number of rotatable bonds is 4. The molecule has 0 radical (unpaired) electrons. The van der Waals surface area contributed by atoms with E-state index in [-0.39, 0.29) is 34.5 Å². The fraction of sp³-hybridized carbons (Fsp3) is 0.824. The van der Waals surface area contributed by atoms with E-state index in [1.165, 1.54) is 0 Å². The molecule has 0 bridgehead atoms. The van der Waals surface area contributed by atoms with Crippen molar-refractivity contribution in [3.05, 3.63) is 11.9 Å². The molecule has 1 amide bonds. The smallest absolute Gasteiger partial charge is 0.231 e. The van der Waals surface area contributed by atoms with Gasteiger partial charge in [-0.05, 0) is 25.1 Å². The SMILES string of the molecule is C[C@@H](O[Si](C)(C)C(C)(C)C)[C@H]1C(=O)N[C@@H]1n1cc(C(C)(C)C)nn1. The molecule has 1 saturated heterocycles. The number of aromatic nitrogens is 3. The third-order valence-corrected chi connectivity index (χ3v) is 9.86. The van der Waals surface area contributed by atoms with Gasteiger partial charge in [-0.3, -0.25) is 4.79 Å². The molecule has 2 heterocycles. The molecule has 6 nitrogen and oxygen atoms in total. The van der Waals surface area contributed by atoms with Gasteiger partial charge in [0.2, 0.25) is 5.91 Å². The van der Waals surface area contributed by atoms with E-state index in [1.54, 1.807) is 4.68 Å². The van der Waals surface area contributed by atoms with Crippen molar-refractivity contribution in [2.75, 3.05) is 0 Å². The van der Waals surface area contributed by atoms with E-state index in [1.807, 2.05) is 13.1 Å². The van der Waals surface area contributed by atoms with Gasteiger partial charge in [0.1, 0.15) is 12.1 Å². The average molecular weight is 353 g/mol. The number of nitrogens with zero attached hydrogens (tertiary/aromatic N) is 3. The van der Waals surface area contributed by atoms with E-state index in [9.17, 15) is 4.79 Å². The Morgan fingerprint density at radius 2 is 1.83 bits per heavy atom. The zero-order valence-electron chi connectivity index (χ0n) is 16.5. The predicted molar refractivity (Wildman–Crippen MR) is 97.1 cm³/mol. The summed E-state index contributed by atoms with van der Waals surface area (Å²) in [6.45, 7) is 19.3. The Hall–Kier alpha value is -1.21. The normalized spacial score (nSPS) is 23.6. The van der Waals surface area contributed by atoms with Crippen LogP contribution in [0.1, 0.15) is 60.3 Å². The molecule has 0 spiro atoms. The summed E-state index contributed by atoms with van der Waals surface area (Å²) >= 11 is 0. The van der Waals surface area contributed by atoms with Crippen LogP contribution in [0.25, 0.3) is 0 Å². The maximum absolute atomic E-state index is 12.2. The third-order valence-electron chi connectivity index (χ3n) is 5.29. The van der Waals surface area contributed by atoms with Gasteiger partial charge in [0, 0.05) is 5.41 Å². The van der Waals surface area contributed by atoms with Gasteiger partial charge in [-0.25, -0.2) is 4.68 Å². The summed E-state index contributed by atoms with van der Waals surface area (Å²) in [5.41, 5.74) is 0.852. The highest BCUT2D eigenvalue weighted by Crippen LogP contribution is 2.40. The lowest BCUT2D eigenvalue weighted by molar-refractivity contribution is -0.144. The van der Waals surface area contributed by atoms with Gasteiger partial charge in [-0.2, -0.15) is 0 Å². The monoisotopic (exact) mass is 352 g/mol. The van der Waals surface area contributed by atoms with Gasteiger partial charge in [-0.1, -0.05) is 46.8 Å². The van der Waals surface area contributed by atoms with Crippen LogP contribution < -0.4 is 5.32 Å². The van der Waals surface area contributed by atoms with Crippen LogP contribution in [0.15, 0.2) is 6.20 Å². The van der Waals surface area contributed by atoms with E-state index in [0.717, 1.165) is 5.69 Å². The largest absolute Gasteiger partial charge is 0.413 e. The highest BCUT2D eigenvalue weighted by molar-refractivity contribution is 6.74. The lowest BCUT2D eigenvalue weighted by Gasteiger charge is -2.45. The fourth-order valence-electron chi connectivity index (χ4n) is 2.55. The fourth-order valence-corrected chi connectivity index (χ4v) is 3.98. The zero-order chi connectivity index (χ0) is 18.5. The number of β-lactam (4-membered cyclic amide) rings is 1. The molecule has 1 aromatic rings. The summed E-state index contributed by atoms with van der Waals surface area (Å²) in [4.78, 5) is 12.2. The molecule has 3 atom stereocenters. The maximum atomic E-state index is 12.2. The Kier molecular flexibility index (Phi) is 4.74. The lowest BCUT2D eigenvalue weighted by atomic mass is 9.91. The molecule has 0 saturated carbocycles. The maximum Gasteiger partial charge on any atom is 0.231 e. The van der Waals surface area contributed by atoms with Crippen molar-refractivity contribution in [1.82, 2.24) is 20.3 Å². The van der Waals surface area contributed by atoms with E-state index < -0.39 is 8.32 Å². The lowest BCUT2D eigenvalue weighted by Crippen LogP contribution is -2.60. The molecular weight excluding hydrogens is 320 g/mol. The second-order valence-corrected chi connectivity index (χ2v) is 14.2. The molecule has 24 heavy (non-hydrogen) atoms. The number of hydrogen-bond acceptors (Lipinski definition) is 4. The number of nitrogens with one attached hydrogen (secondary N) is 1. The summed E-state index contributed by atoms with van der Waals surface area (Å²) < 4.78 is 8.18. The van der Waals surface area contributed by atoms with Crippen molar-refractivity contribution in [3.8, 4) is 0 Å². The predicted octanol–water partition coefficient (Wildman–Crippen LogP) is 3.23. The van der Waals surface area contributed by atoms with Crippen LogP contribution in [-0.4, -0.2) is 35.3 Å². The Labute approximate surface area is 146 Å². The van der Waals surface area contributed by atoms with Gasteiger partial charge >= 0.3 is 0 Å². The topological polar surface area (TPSA) is 69.0 Å². The molecule has 2 rings (SSSR count). The van der Waals surface area contributed by atoms with E-state index in [4.69, 9.17) is 4.43 Å². The average Bonchev–Trinajstić information content (AvgIpc) is 2.82. The van der Waals surface area contributed by atoms with Crippen LogP contribution >= 0.6 is 0 Å². The Bertz CT molecular complexity index is 613. The molecule has 1 aliphatic heterocycles. The quantitative estimate of drug-likeness (QED) is 0.667. The molecule has 0 aromatic carbocycles. The highest BCUT2D eigenvalue weighted by atomic mass is 28.4. The van der Waals surface area contributed by atoms with Crippen LogP contribution in [0, 0.1) is 5.92 Å². The first-order valence-electron chi connectivity index (χ1n) is 8.64. The minimum absolute atomic E-state index is 0.0269. The number of hydrogen-bond donors (Lipinski definition) is 1. The minimum atomic E-state index is -1.92. The van der Waals surface area contributed by atoms with Gasteiger partial charge in [0.15, 0.2) is 8.32 Å². The first kappa shape index (κ1) is 19.1. The van der Waals surface area contributed by atoms with E-state index in [2.05, 4.69) is 70.3 Å². The van der Waals surface area contributed by atoms with Crippen molar-refractivity contribution in [2.45, 2.75) is 84.3 Å². The number of carbonyl (C=O) groups is 1. The zero-order valence-corrected chi connectivity index (χ0v) is 17.5. The van der Waals surface area contributed by atoms with Crippen molar-refractivity contribution >= 4 is 14.2 Å². The first-order valence-corrected chi connectivity index (χ1v) is 11.6. The molecular formula is C17H32N4O2Si. The van der Waals surface area contributed by atoms with Gasteiger partial charge in [-0.15, -0.1) is 5.10 Å². The first-order chi connectivity index (χ1) is 10.7. The van der Waals surface area contributed by atoms with Crippen molar-refractivity contribution in [1.29, 1.82) is 0 Å². The van der Waals surface area contributed by atoms with E-state index in [0.29, 0.717) is 0 Å². The second-order valence-electron chi connectivity index (χ2n) is 9.40. The summed E-state index contributed by atoms with van der Waals surface area (Å²) in [6.07, 6.45) is 1.60. The van der Waals surface area contributed by atoms with Crippen LogP contribution in [-0.2, 0) is 14.6 Å². The Balaban J connectivity index is 2.15. The summed E-state index contributed by atoms with van der Waals surface area (Å²) in [7, 11) is -1.92. The molecule has 0 aliphatic carbocycles. The van der Waals surface area contributed by atoms with Crippen LogP contribution in [0.5, 0.6) is 0 Å². The van der Waals surface area contributed by atoms with Gasteiger partial charge in [0.25, 0.3) is 0 Å². The molecule has 0 unspecified atom stereocenters. The van der Waals surface area contributed by atoms with Crippen molar-refractivity contribution in [2.24, 2.45) is 5.92 Å². The van der Waals surface area contributed by atoms with Crippen LogP contribution in [0.4, 0.5) is 0 Å². The standard InChI is InChI=1S/C17H32N4O2Si/c1-11(23-24(8,9)17(5,6)7)13-14(18-15(13)22)21-10-12(19-20-21)16(2,3)4/h10-11,13-14H,1-9H3,(H,18,22)/t11-,13-,14-/m1/s1. The Morgan fingerprint density at radius 3 is 2.25 bits per heavy atom. The summed E-state index contributed by atoms with van der Waals surface area (Å²) in [5, 5.41) is 11.5. The second kappa shape index (κ2) is 5.95. The molecule has 1 aromatic heterocycles.